The van der Waals surface area contributed by atoms with Crippen molar-refractivity contribution in [1.29, 1.82) is 5.26 Å². The fraction of sp³-hybridized carbons (Fsp3) is 0.565. The van der Waals surface area contributed by atoms with Gasteiger partial charge in [0.2, 0.25) is 0 Å². The Morgan fingerprint density at radius 1 is 1.13 bits per heavy atom. The molecule has 0 spiro atoms. The maximum absolute atomic E-state index is 13.4. The smallest absolute Gasteiger partial charge is 0.331 e. The summed E-state index contributed by atoms with van der Waals surface area (Å²) in [5.41, 5.74) is 1.59. The Labute approximate surface area is 179 Å². The van der Waals surface area contributed by atoms with E-state index in [-0.39, 0.29) is 18.0 Å². The summed E-state index contributed by atoms with van der Waals surface area (Å²) in [6, 6.07) is 9.04. The molecule has 1 aliphatic rings. The van der Waals surface area contributed by atoms with Crippen LogP contribution in [0, 0.1) is 11.3 Å². The van der Waals surface area contributed by atoms with Gasteiger partial charge in [0, 0.05) is 32.4 Å². The molecule has 1 fully saturated rings. The van der Waals surface area contributed by atoms with Gasteiger partial charge in [0.1, 0.15) is 0 Å². The highest BCUT2D eigenvalue weighted by Crippen LogP contribution is 2.29. The number of nitriles is 1. The number of carbonyl (C=O) groups excluding carboxylic acids is 2. The summed E-state index contributed by atoms with van der Waals surface area (Å²) in [4.78, 5) is 33.8. The molecule has 0 saturated heterocycles. The van der Waals surface area contributed by atoms with E-state index in [1.54, 1.807) is 24.3 Å². The molecule has 2 rings (SSSR count). The molecule has 7 heteroatoms. The number of amides is 1. The number of likely N-dealkylation sites (N-methyl/N-ethyl adjacent to an activating group) is 1. The van der Waals surface area contributed by atoms with Crippen LogP contribution in [0.5, 0.6) is 0 Å². The molecule has 1 aromatic rings. The second kappa shape index (κ2) is 11.5. The van der Waals surface area contributed by atoms with Gasteiger partial charge in [-0.15, -0.1) is 0 Å². The van der Waals surface area contributed by atoms with Crippen molar-refractivity contribution in [3.63, 3.8) is 0 Å². The van der Waals surface area contributed by atoms with Gasteiger partial charge in [-0.25, -0.2) is 4.79 Å². The van der Waals surface area contributed by atoms with Crippen molar-refractivity contribution in [2.75, 3.05) is 19.6 Å². The molecule has 1 amide bonds. The lowest BCUT2D eigenvalue weighted by Gasteiger charge is -2.38. The van der Waals surface area contributed by atoms with E-state index in [1.165, 1.54) is 6.92 Å². The zero-order chi connectivity index (χ0) is 22.1. The number of carbonyl (C=O) groups is 2. The van der Waals surface area contributed by atoms with Crippen LogP contribution >= 0.6 is 0 Å². The zero-order valence-corrected chi connectivity index (χ0v) is 18.4. The summed E-state index contributed by atoms with van der Waals surface area (Å²) in [7, 11) is 0. The summed E-state index contributed by atoms with van der Waals surface area (Å²) in [6.07, 6.45) is 3.23. The van der Waals surface area contributed by atoms with Gasteiger partial charge in [-0.3, -0.25) is 9.69 Å². The monoisotopic (exact) mass is 412 g/mol. The number of oxime groups is 1. The zero-order valence-electron chi connectivity index (χ0n) is 18.4. The van der Waals surface area contributed by atoms with Gasteiger partial charge >= 0.3 is 5.97 Å². The van der Waals surface area contributed by atoms with Gasteiger partial charge in [-0.05, 0) is 45.0 Å². The van der Waals surface area contributed by atoms with E-state index < -0.39 is 5.97 Å². The number of hydrogen-bond acceptors (Lipinski definition) is 6. The van der Waals surface area contributed by atoms with Crippen LogP contribution in [0.25, 0.3) is 0 Å². The third-order valence-electron chi connectivity index (χ3n) is 5.41. The third-order valence-corrected chi connectivity index (χ3v) is 5.41. The van der Waals surface area contributed by atoms with Gasteiger partial charge in [0.15, 0.2) is 0 Å². The largest absolute Gasteiger partial charge is 0.334 e. The van der Waals surface area contributed by atoms with Crippen LogP contribution in [0.15, 0.2) is 29.4 Å². The molecule has 2 unspecified atom stereocenters. The first-order valence-electron chi connectivity index (χ1n) is 10.7. The summed E-state index contributed by atoms with van der Waals surface area (Å²) in [6.45, 7) is 9.95. The second-order valence-electron chi connectivity index (χ2n) is 7.57. The fourth-order valence-corrected chi connectivity index (χ4v) is 4.20. The molecule has 0 aliphatic heterocycles. The van der Waals surface area contributed by atoms with E-state index in [9.17, 15) is 14.9 Å². The fourth-order valence-electron chi connectivity index (χ4n) is 4.20. The molecule has 0 aromatic heterocycles. The van der Waals surface area contributed by atoms with E-state index in [0.29, 0.717) is 30.5 Å². The van der Waals surface area contributed by atoms with Crippen molar-refractivity contribution in [3.8, 4) is 6.07 Å². The van der Waals surface area contributed by atoms with Crippen LogP contribution < -0.4 is 0 Å². The molecule has 0 heterocycles. The van der Waals surface area contributed by atoms with Gasteiger partial charge < -0.3 is 9.74 Å². The minimum atomic E-state index is -0.451. The Morgan fingerprint density at radius 3 is 2.33 bits per heavy atom. The van der Waals surface area contributed by atoms with E-state index in [0.717, 1.165) is 31.6 Å². The lowest BCUT2D eigenvalue weighted by Crippen LogP contribution is -2.51. The number of nitrogens with zero attached hydrogens (tertiary/aromatic N) is 4. The van der Waals surface area contributed by atoms with Crippen LogP contribution in [-0.2, 0) is 9.63 Å². The molecular weight excluding hydrogens is 380 g/mol. The van der Waals surface area contributed by atoms with E-state index in [2.05, 4.69) is 30.0 Å². The summed E-state index contributed by atoms with van der Waals surface area (Å²) in [5, 5.41) is 13.5. The van der Waals surface area contributed by atoms with E-state index in [1.807, 2.05) is 11.8 Å². The first-order chi connectivity index (χ1) is 14.5. The predicted octanol–water partition coefficient (Wildman–Crippen LogP) is 3.59. The number of rotatable bonds is 9. The molecule has 1 aromatic carbocycles. The van der Waals surface area contributed by atoms with Crippen molar-refractivity contribution in [2.45, 2.75) is 65.5 Å². The molecule has 1 saturated carbocycles. The first kappa shape index (κ1) is 23.6. The SMILES string of the molecule is CCCN(CCC)C1CC(=NOC(C)=O)CC1N(CC)C(=O)c1ccccc1C#N. The highest BCUT2D eigenvalue weighted by atomic mass is 16.7. The van der Waals surface area contributed by atoms with Crippen molar-refractivity contribution in [3.05, 3.63) is 35.4 Å². The van der Waals surface area contributed by atoms with Gasteiger partial charge in [0.25, 0.3) is 5.91 Å². The first-order valence-corrected chi connectivity index (χ1v) is 10.7. The van der Waals surface area contributed by atoms with Crippen molar-refractivity contribution in [2.24, 2.45) is 5.16 Å². The maximum atomic E-state index is 13.4. The Morgan fingerprint density at radius 2 is 1.77 bits per heavy atom. The Balaban J connectivity index is 2.39. The normalized spacial score (nSPS) is 19.7. The standard InChI is InChI=1S/C23H32N4O3/c1-5-12-26(13-6-2)21-14-19(25-30-17(4)28)15-22(21)27(7-3)23(29)20-11-9-8-10-18(20)16-24/h8-11,21-22H,5-7,12-15H2,1-4H3. The number of benzene rings is 1. The quantitative estimate of drug-likeness (QED) is 0.457. The molecule has 30 heavy (non-hydrogen) atoms. The van der Waals surface area contributed by atoms with Gasteiger partial charge in [0.05, 0.1) is 28.9 Å². The molecule has 2 atom stereocenters. The molecule has 0 radical (unpaired) electrons. The highest BCUT2D eigenvalue weighted by molar-refractivity contribution is 5.98. The van der Waals surface area contributed by atoms with Crippen molar-refractivity contribution >= 4 is 17.6 Å². The summed E-state index contributed by atoms with van der Waals surface area (Å²) in [5.74, 6) is -0.598. The Hall–Kier alpha value is -2.72. The molecule has 162 valence electrons. The number of hydrogen-bond donors (Lipinski definition) is 0. The molecule has 1 aliphatic carbocycles. The summed E-state index contributed by atoms with van der Waals surface area (Å²) < 4.78 is 0. The van der Waals surface area contributed by atoms with Crippen LogP contribution in [0.2, 0.25) is 0 Å². The average Bonchev–Trinajstić information content (AvgIpc) is 3.16. The lowest BCUT2D eigenvalue weighted by molar-refractivity contribution is -0.140. The molecule has 0 bridgehead atoms. The average molecular weight is 413 g/mol. The third kappa shape index (κ3) is 5.67. The molecule has 0 N–H and O–H groups in total. The van der Waals surface area contributed by atoms with Crippen LogP contribution in [0.4, 0.5) is 0 Å². The Bertz CT molecular complexity index is 809. The van der Waals surface area contributed by atoms with Gasteiger partial charge in [-0.2, -0.15) is 5.26 Å². The minimum absolute atomic E-state index is 0.0948. The van der Waals surface area contributed by atoms with Crippen LogP contribution in [0.1, 0.15) is 69.3 Å². The Kier molecular flexibility index (Phi) is 9.00. The topological polar surface area (TPSA) is 86.0 Å². The van der Waals surface area contributed by atoms with Crippen molar-refractivity contribution < 1.29 is 14.4 Å². The van der Waals surface area contributed by atoms with Crippen LogP contribution in [0.3, 0.4) is 0 Å². The summed E-state index contributed by atoms with van der Waals surface area (Å²) >= 11 is 0. The predicted molar refractivity (Wildman–Crippen MR) is 116 cm³/mol. The van der Waals surface area contributed by atoms with E-state index in [4.69, 9.17) is 4.84 Å². The molecular formula is C23H32N4O3. The van der Waals surface area contributed by atoms with Crippen molar-refractivity contribution in [1.82, 2.24) is 9.80 Å². The highest BCUT2D eigenvalue weighted by Gasteiger charge is 2.41. The minimum Gasteiger partial charge on any atom is -0.334 e. The van der Waals surface area contributed by atoms with E-state index >= 15 is 0 Å². The molecule has 7 nitrogen and oxygen atoms in total. The second-order valence-corrected chi connectivity index (χ2v) is 7.57. The maximum Gasteiger partial charge on any atom is 0.331 e. The van der Waals surface area contributed by atoms with Crippen LogP contribution in [-0.4, -0.2) is 59.1 Å². The van der Waals surface area contributed by atoms with Gasteiger partial charge in [-0.1, -0.05) is 31.1 Å². The lowest BCUT2D eigenvalue weighted by atomic mass is 10.0.